The first-order valence-electron chi connectivity index (χ1n) is 4.12. The molecule has 15 heavy (non-hydrogen) atoms. The quantitative estimate of drug-likeness (QED) is 0.899. The Kier molecular flexibility index (Phi) is 3.12. The third-order valence-corrected chi connectivity index (χ3v) is 3.30. The minimum Gasteiger partial charge on any atom is -0.378 e. The first-order chi connectivity index (χ1) is 7.27. The zero-order valence-corrected chi connectivity index (χ0v) is 9.93. The van der Waals surface area contributed by atoms with E-state index in [-0.39, 0.29) is 5.56 Å². The van der Waals surface area contributed by atoms with Crippen LogP contribution in [-0.2, 0) is 6.54 Å². The highest BCUT2D eigenvalue weighted by Gasteiger charge is 2.03. The summed E-state index contributed by atoms with van der Waals surface area (Å²) < 4.78 is 0.460. The van der Waals surface area contributed by atoms with E-state index in [0.717, 1.165) is 4.88 Å². The Morgan fingerprint density at radius 1 is 1.53 bits per heavy atom. The number of hydrogen-bond donors (Lipinski definition) is 2. The number of aromatic nitrogens is 3. The molecule has 0 saturated heterocycles. The Labute approximate surface area is 97.7 Å². The van der Waals surface area contributed by atoms with Crippen LogP contribution in [0.3, 0.4) is 0 Å². The second-order valence-electron chi connectivity index (χ2n) is 2.75. The van der Waals surface area contributed by atoms with Gasteiger partial charge in [0.05, 0.1) is 23.9 Å². The summed E-state index contributed by atoms with van der Waals surface area (Å²) >= 11 is 4.74. The Bertz CT molecular complexity index is 496. The molecule has 0 unspecified atom stereocenters. The first-order valence-corrected chi connectivity index (χ1v) is 5.79. The molecule has 0 spiro atoms. The predicted octanol–water partition coefficient (Wildman–Crippen LogP) is 1.60. The average molecular weight is 287 g/mol. The third-order valence-electron chi connectivity index (χ3n) is 1.73. The second-order valence-corrected chi connectivity index (χ2v) is 4.51. The normalized spacial score (nSPS) is 10.2. The van der Waals surface area contributed by atoms with Crippen LogP contribution in [0, 0.1) is 0 Å². The molecule has 2 aromatic heterocycles. The zero-order chi connectivity index (χ0) is 10.7. The number of halogens is 1. The van der Waals surface area contributed by atoms with Gasteiger partial charge in [-0.2, -0.15) is 5.10 Å². The zero-order valence-electron chi connectivity index (χ0n) is 7.53. The molecule has 5 nitrogen and oxygen atoms in total. The molecule has 78 valence electrons. The van der Waals surface area contributed by atoms with Crippen LogP contribution in [0.4, 0.5) is 5.69 Å². The molecule has 0 bridgehead atoms. The minimum atomic E-state index is -0.246. The first kappa shape index (κ1) is 10.3. The number of rotatable bonds is 3. The summed E-state index contributed by atoms with van der Waals surface area (Å²) in [6.07, 6.45) is 3.35. The van der Waals surface area contributed by atoms with Crippen molar-refractivity contribution in [2.45, 2.75) is 6.54 Å². The molecule has 0 aliphatic heterocycles. The molecule has 2 N–H and O–H groups in total. The maximum Gasteiger partial charge on any atom is 0.280 e. The molecule has 0 aliphatic carbocycles. The highest BCUT2D eigenvalue weighted by atomic mass is 79.9. The van der Waals surface area contributed by atoms with Gasteiger partial charge in [0.25, 0.3) is 5.56 Å². The Hall–Kier alpha value is -1.21. The second kappa shape index (κ2) is 4.54. The Balaban J connectivity index is 2.12. The third kappa shape index (κ3) is 2.42. The van der Waals surface area contributed by atoms with Crippen LogP contribution < -0.4 is 10.9 Å². The van der Waals surface area contributed by atoms with Gasteiger partial charge in [0, 0.05) is 11.1 Å². The molecule has 0 atom stereocenters. The molecule has 2 rings (SSSR count). The van der Waals surface area contributed by atoms with Gasteiger partial charge in [-0.1, -0.05) is 0 Å². The summed E-state index contributed by atoms with van der Waals surface area (Å²) in [6, 6.07) is 0. The van der Waals surface area contributed by atoms with Gasteiger partial charge in [0.2, 0.25) is 0 Å². The van der Waals surface area contributed by atoms with Gasteiger partial charge in [-0.3, -0.25) is 9.78 Å². The highest BCUT2D eigenvalue weighted by molar-refractivity contribution is 9.10. The van der Waals surface area contributed by atoms with E-state index in [2.05, 4.69) is 36.4 Å². The van der Waals surface area contributed by atoms with Crippen molar-refractivity contribution in [2.24, 2.45) is 0 Å². The van der Waals surface area contributed by atoms with Crippen LogP contribution in [0.5, 0.6) is 0 Å². The van der Waals surface area contributed by atoms with E-state index in [1.807, 2.05) is 0 Å². The van der Waals surface area contributed by atoms with Gasteiger partial charge in [-0.25, -0.2) is 5.10 Å². The number of anilines is 1. The van der Waals surface area contributed by atoms with Gasteiger partial charge in [-0.15, -0.1) is 11.3 Å². The average Bonchev–Trinajstić information content (AvgIpc) is 2.73. The molecule has 0 amide bonds. The summed E-state index contributed by atoms with van der Waals surface area (Å²) in [5.74, 6) is 0. The molecular weight excluding hydrogens is 280 g/mol. The maximum atomic E-state index is 11.2. The van der Waals surface area contributed by atoms with Crippen molar-refractivity contribution >= 4 is 33.0 Å². The molecule has 0 aliphatic rings. The van der Waals surface area contributed by atoms with Crippen molar-refractivity contribution in [3.8, 4) is 0 Å². The van der Waals surface area contributed by atoms with Crippen molar-refractivity contribution in [1.29, 1.82) is 0 Å². The lowest BCUT2D eigenvalue weighted by Gasteiger charge is -2.04. The summed E-state index contributed by atoms with van der Waals surface area (Å²) in [5.41, 5.74) is 2.19. The lowest BCUT2D eigenvalue weighted by Crippen LogP contribution is -2.11. The van der Waals surface area contributed by atoms with Crippen LogP contribution in [0.2, 0.25) is 0 Å². The number of thiazole rings is 1. The van der Waals surface area contributed by atoms with Crippen LogP contribution in [0.1, 0.15) is 4.88 Å². The molecule has 2 heterocycles. The van der Waals surface area contributed by atoms with Gasteiger partial charge in [0.15, 0.2) is 0 Å². The number of nitrogens with zero attached hydrogens (tertiary/aromatic N) is 2. The van der Waals surface area contributed by atoms with Crippen LogP contribution in [0.15, 0.2) is 27.2 Å². The minimum absolute atomic E-state index is 0.246. The van der Waals surface area contributed by atoms with E-state index >= 15 is 0 Å². The standard InChI is InChI=1S/C8H7BrN4OS/c9-7-6(3-12-13-8(7)14)11-2-5-1-10-4-15-5/h1,3-4H,2H2,(H2,11,13,14). The van der Waals surface area contributed by atoms with Gasteiger partial charge < -0.3 is 5.32 Å². The molecule has 0 aromatic carbocycles. The monoisotopic (exact) mass is 286 g/mol. The fourth-order valence-corrected chi connectivity index (χ4v) is 1.88. The lowest BCUT2D eigenvalue weighted by molar-refractivity contribution is 0.972. The smallest absolute Gasteiger partial charge is 0.280 e. The largest absolute Gasteiger partial charge is 0.378 e. The van der Waals surface area contributed by atoms with E-state index in [1.165, 1.54) is 0 Å². The molecule has 2 aromatic rings. The topological polar surface area (TPSA) is 70.7 Å². The van der Waals surface area contributed by atoms with Crippen molar-refractivity contribution in [3.05, 3.63) is 37.6 Å². The van der Waals surface area contributed by atoms with Crippen molar-refractivity contribution in [3.63, 3.8) is 0 Å². The summed E-state index contributed by atoms with van der Waals surface area (Å²) in [7, 11) is 0. The van der Waals surface area contributed by atoms with Crippen LogP contribution >= 0.6 is 27.3 Å². The fourth-order valence-electron chi connectivity index (χ4n) is 1.02. The molecule has 0 radical (unpaired) electrons. The van der Waals surface area contributed by atoms with E-state index < -0.39 is 0 Å². The maximum absolute atomic E-state index is 11.2. The molecule has 0 saturated carbocycles. The number of aromatic amines is 1. The predicted molar refractivity (Wildman–Crippen MR) is 62.0 cm³/mol. The summed E-state index contributed by atoms with van der Waals surface area (Å²) in [6.45, 7) is 0.633. The fraction of sp³-hybridized carbons (Fsp3) is 0.125. The number of nitrogens with one attached hydrogen (secondary N) is 2. The van der Waals surface area contributed by atoms with E-state index in [0.29, 0.717) is 16.7 Å². The van der Waals surface area contributed by atoms with E-state index in [4.69, 9.17) is 0 Å². The van der Waals surface area contributed by atoms with Crippen molar-refractivity contribution in [1.82, 2.24) is 15.2 Å². The Morgan fingerprint density at radius 3 is 3.13 bits per heavy atom. The molecular formula is C8H7BrN4OS. The summed E-state index contributed by atoms with van der Waals surface area (Å²) in [4.78, 5) is 16.2. The van der Waals surface area contributed by atoms with Crippen molar-refractivity contribution in [2.75, 3.05) is 5.32 Å². The molecule has 0 fully saturated rings. The molecule has 7 heteroatoms. The van der Waals surface area contributed by atoms with E-state index in [1.54, 1.807) is 29.2 Å². The van der Waals surface area contributed by atoms with Gasteiger partial charge >= 0.3 is 0 Å². The Morgan fingerprint density at radius 2 is 2.40 bits per heavy atom. The van der Waals surface area contributed by atoms with Crippen LogP contribution in [-0.4, -0.2) is 15.2 Å². The lowest BCUT2D eigenvalue weighted by atomic mass is 10.4. The summed E-state index contributed by atoms with van der Waals surface area (Å²) in [5, 5.41) is 9.13. The number of hydrogen-bond acceptors (Lipinski definition) is 5. The number of H-pyrrole nitrogens is 1. The van der Waals surface area contributed by atoms with E-state index in [9.17, 15) is 4.79 Å². The van der Waals surface area contributed by atoms with Gasteiger partial charge in [0.1, 0.15) is 4.47 Å². The SMILES string of the molecule is O=c1[nH]ncc(NCc2cncs2)c1Br. The van der Waals surface area contributed by atoms with Crippen LogP contribution in [0.25, 0.3) is 0 Å². The van der Waals surface area contributed by atoms with Gasteiger partial charge in [-0.05, 0) is 15.9 Å². The van der Waals surface area contributed by atoms with Crippen molar-refractivity contribution < 1.29 is 0 Å². The highest BCUT2D eigenvalue weighted by Crippen LogP contribution is 2.17.